The first-order valence-electron chi connectivity index (χ1n) is 10.2. The lowest BCUT2D eigenvalue weighted by Crippen LogP contribution is -2.31. The molecular formula is C24H20ClN5O2S. The molecule has 3 heterocycles. The van der Waals surface area contributed by atoms with Crippen LogP contribution in [-0.4, -0.2) is 27.8 Å². The zero-order valence-electron chi connectivity index (χ0n) is 17.9. The van der Waals surface area contributed by atoms with Crippen molar-refractivity contribution in [2.75, 3.05) is 17.7 Å². The van der Waals surface area contributed by atoms with Crippen LogP contribution in [-0.2, 0) is 4.79 Å². The summed E-state index contributed by atoms with van der Waals surface area (Å²) in [5, 5.41) is 13.6. The van der Waals surface area contributed by atoms with Crippen LogP contribution >= 0.6 is 22.9 Å². The summed E-state index contributed by atoms with van der Waals surface area (Å²) < 4.78 is 7.16. The first kappa shape index (κ1) is 21.2. The second-order valence-corrected chi connectivity index (χ2v) is 8.86. The first-order valence-corrected chi connectivity index (χ1v) is 11.5. The molecule has 1 amide bonds. The molecule has 2 aromatic heterocycles. The lowest BCUT2D eigenvalue weighted by Gasteiger charge is -2.27. The van der Waals surface area contributed by atoms with Crippen LogP contribution in [0.4, 0.5) is 11.6 Å². The van der Waals surface area contributed by atoms with Gasteiger partial charge in [-0.25, -0.2) is 4.68 Å². The summed E-state index contributed by atoms with van der Waals surface area (Å²) in [6.07, 6.45) is 0. The Hall–Kier alpha value is -3.62. The third kappa shape index (κ3) is 3.99. The summed E-state index contributed by atoms with van der Waals surface area (Å²) in [7, 11) is 1.58. The Kier molecular flexibility index (Phi) is 5.62. The molecule has 1 unspecified atom stereocenters. The van der Waals surface area contributed by atoms with Crippen LogP contribution in [0.25, 0.3) is 11.4 Å². The smallest absolute Gasteiger partial charge is 0.256 e. The van der Waals surface area contributed by atoms with Crippen molar-refractivity contribution in [3.8, 4) is 17.1 Å². The number of nitrogens with one attached hydrogen (secondary N) is 2. The zero-order valence-corrected chi connectivity index (χ0v) is 19.4. The molecule has 166 valence electrons. The second kappa shape index (κ2) is 8.73. The number of aromatic nitrogens is 3. The molecule has 1 atom stereocenters. The highest BCUT2D eigenvalue weighted by molar-refractivity contribution is 7.10. The van der Waals surface area contributed by atoms with Crippen molar-refractivity contribution in [1.29, 1.82) is 0 Å². The molecule has 0 radical (unpaired) electrons. The van der Waals surface area contributed by atoms with Gasteiger partial charge in [0.15, 0.2) is 5.82 Å². The number of hydrogen-bond donors (Lipinski definition) is 2. The van der Waals surface area contributed by atoms with E-state index in [1.807, 2.05) is 54.8 Å². The van der Waals surface area contributed by atoms with Crippen molar-refractivity contribution in [3.63, 3.8) is 0 Å². The fourth-order valence-corrected chi connectivity index (χ4v) is 4.76. The predicted molar refractivity (Wildman–Crippen MR) is 131 cm³/mol. The average molecular weight is 478 g/mol. The number of carbonyl (C=O) groups excluding carboxylic acids is 1. The lowest BCUT2D eigenvalue weighted by atomic mass is 10.0. The molecule has 2 aromatic carbocycles. The molecule has 0 aliphatic carbocycles. The summed E-state index contributed by atoms with van der Waals surface area (Å²) in [6.45, 7) is 1.87. The minimum Gasteiger partial charge on any atom is -0.495 e. The van der Waals surface area contributed by atoms with E-state index in [1.165, 1.54) is 0 Å². The fourth-order valence-electron chi connectivity index (χ4n) is 3.81. The fraction of sp³-hybridized carbons (Fsp3) is 0.125. The molecule has 0 fully saturated rings. The Morgan fingerprint density at radius 1 is 1.15 bits per heavy atom. The highest BCUT2D eigenvalue weighted by atomic mass is 35.5. The number of fused-ring (bicyclic) bond motifs is 1. The number of thiophene rings is 1. The van der Waals surface area contributed by atoms with Gasteiger partial charge in [-0.1, -0.05) is 29.8 Å². The number of halogens is 1. The summed E-state index contributed by atoms with van der Waals surface area (Å²) >= 11 is 7.60. The van der Waals surface area contributed by atoms with Gasteiger partial charge in [0.05, 0.1) is 18.4 Å². The number of para-hydroxylation sites is 2. The monoisotopic (exact) mass is 477 g/mol. The number of allylic oxidation sites excluding steroid dienone is 1. The second-order valence-electron chi connectivity index (χ2n) is 7.45. The van der Waals surface area contributed by atoms with E-state index in [0.717, 1.165) is 10.4 Å². The van der Waals surface area contributed by atoms with Gasteiger partial charge >= 0.3 is 0 Å². The maximum Gasteiger partial charge on any atom is 0.256 e. The summed E-state index contributed by atoms with van der Waals surface area (Å²) in [5.74, 6) is 1.48. The van der Waals surface area contributed by atoms with E-state index >= 15 is 0 Å². The van der Waals surface area contributed by atoms with Gasteiger partial charge in [0.1, 0.15) is 11.8 Å². The molecule has 5 rings (SSSR count). The quantitative estimate of drug-likeness (QED) is 0.391. The number of amides is 1. The van der Waals surface area contributed by atoms with E-state index in [2.05, 4.69) is 15.6 Å². The molecule has 7 nitrogen and oxygen atoms in total. The van der Waals surface area contributed by atoms with E-state index < -0.39 is 6.04 Å². The van der Waals surface area contributed by atoms with Crippen molar-refractivity contribution < 1.29 is 9.53 Å². The molecule has 0 saturated carbocycles. The summed E-state index contributed by atoms with van der Waals surface area (Å²) in [6, 6.07) is 18.2. The van der Waals surface area contributed by atoms with Gasteiger partial charge in [-0.2, -0.15) is 4.98 Å². The number of nitrogens with zero attached hydrogens (tertiary/aromatic N) is 3. The Bertz CT molecular complexity index is 1350. The van der Waals surface area contributed by atoms with Gasteiger partial charge in [0.25, 0.3) is 5.91 Å². The minimum atomic E-state index is -0.426. The van der Waals surface area contributed by atoms with E-state index in [9.17, 15) is 4.79 Å². The first-order chi connectivity index (χ1) is 16.0. The number of hydrogen-bond acceptors (Lipinski definition) is 6. The highest BCUT2D eigenvalue weighted by Crippen LogP contribution is 2.39. The average Bonchev–Trinajstić information content (AvgIpc) is 3.49. The zero-order chi connectivity index (χ0) is 22.9. The molecule has 0 spiro atoms. The van der Waals surface area contributed by atoms with E-state index in [1.54, 1.807) is 41.3 Å². The lowest BCUT2D eigenvalue weighted by molar-refractivity contribution is -0.113. The standard InChI is InChI=1S/C24H20ClN5O2S/c1-14-20(23(31)27-17-6-3-4-7-18(17)32-2)21(19-8-5-13-33-19)30-24(26-14)28-22(29-30)15-9-11-16(25)12-10-15/h3-13,21H,1-2H3,(H,27,31)(H,26,28,29). The Morgan fingerprint density at radius 3 is 2.67 bits per heavy atom. The third-order valence-corrected chi connectivity index (χ3v) is 6.54. The molecule has 4 aromatic rings. The summed E-state index contributed by atoms with van der Waals surface area (Å²) in [5.41, 5.74) is 2.71. The molecule has 2 N–H and O–H groups in total. The van der Waals surface area contributed by atoms with Gasteiger partial charge < -0.3 is 15.4 Å². The van der Waals surface area contributed by atoms with Crippen molar-refractivity contribution in [2.24, 2.45) is 0 Å². The largest absolute Gasteiger partial charge is 0.495 e. The van der Waals surface area contributed by atoms with Crippen molar-refractivity contribution in [1.82, 2.24) is 14.8 Å². The maximum absolute atomic E-state index is 13.5. The maximum atomic E-state index is 13.5. The van der Waals surface area contributed by atoms with Crippen LogP contribution < -0.4 is 15.4 Å². The van der Waals surface area contributed by atoms with Gasteiger partial charge in [-0.05, 0) is 54.8 Å². The number of rotatable bonds is 5. The molecule has 33 heavy (non-hydrogen) atoms. The molecular weight excluding hydrogens is 458 g/mol. The number of carbonyl (C=O) groups is 1. The number of methoxy groups -OCH3 is 1. The van der Waals surface area contributed by atoms with Crippen LogP contribution in [0.2, 0.25) is 5.02 Å². The van der Waals surface area contributed by atoms with Gasteiger partial charge in [0.2, 0.25) is 5.95 Å². The molecule has 9 heteroatoms. The minimum absolute atomic E-state index is 0.239. The summed E-state index contributed by atoms with van der Waals surface area (Å²) in [4.78, 5) is 19.2. The topological polar surface area (TPSA) is 81.1 Å². The van der Waals surface area contributed by atoms with E-state index in [4.69, 9.17) is 21.4 Å². The Balaban J connectivity index is 1.56. The molecule has 1 aliphatic heterocycles. The van der Waals surface area contributed by atoms with E-state index in [-0.39, 0.29) is 5.91 Å². The van der Waals surface area contributed by atoms with Crippen LogP contribution in [0.3, 0.4) is 0 Å². The molecule has 1 aliphatic rings. The van der Waals surface area contributed by atoms with E-state index in [0.29, 0.717) is 39.5 Å². The Labute approximate surface area is 199 Å². The van der Waals surface area contributed by atoms with Crippen LogP contribution in [0.5, 0.6) is 5.75 Å². The number of anilines is 2. The SMILES string of the molecule is COc1ccccc1NC(=O)C1=C(C)Nc2nc(-c3ccc(Cl)cc3)nn2C1c1cccs1. The van der Waals surface area contributed by atoms with Gasteiger partial charge in [-0.15, -0.1) is 16.4 Å². The van der Waals surface area contributed by atoms with Gasteiger partial charge in [-0.3, -0.25) is 4.79 Å². The van der Waals surface area contributed by atoms with Crippen molar-refractivity contribution >= 4 is 40.5 Å². The van der Waals surface area contributed by atoms with Crippen LogP contribution in [0, 0.1) is 0 Å². The third-order valence-electron chi connectivity index (χ3n) is 5.37. The molecule has 0 saturated heterocycles. The van der Waals surface area contributed by atoms with Crippen LogP contribution in [0.15, 0.2) is 77.3 Å². The molecule has 0 bridgehead atoms. The normalized spacial score (nSPS) is 15.1. The number of ether oxygens (including phenoxy) is 1. The van der Waals surface area contributed by atoms with Gasteiger partial charge in [0, 0.05) is 21.2 Å². The van der Waals surface area contributed by atoms with Crippen molar-refractivity contribution in [3.05, 3.63) is 87.2 Å². The number of benzene rings is 2. The van der Waals surface area contributed by atoms with Crippen molar-refractivity contribution in [2.45, 2.75) is 13.0 Å². The van der Waals surface area contributed by atoms with Crippen LogP contribution in [0.1, 0.15) is 17.8 Å². The predicted octanol–water partition coefficient (Wildman–Crippen LogP) is 5.60. The highest BCUT2D eigenvalue weighted by Gasteiger charge is 2.35. The Morgan fingerprint density at radius 2 is 1.94 bits per heavy atom.